The van der Waals surface area contributed by atoms with Crippen molar-refractivity contribution < 1.29 is 13.2 Å². The Kier molecular flexibility index (Phi) is 3.63. The van der Waals surface area contributed by atoms with Crippen molar-refractivity contribution >= 4 is 16.1 Å². The van der Waals surface area contributed by atoms with E-state index in [4.69, 9.17) is 5.14 Å². The average Bonchev–Trinajstić information content (AvgIpc) is 2.75. The maximum Gasteiger partial charge on any atom is 0.277 e. The molecule has 8 heteroatoms. The van der Waals surface area contributed by atoms with Gasteiger partial charge >= 0.3 is 0 Å². The Labute approximate surface area is 107 Å². The highest BCUT2D eigenvalue weighted by Gasteiger charge is 2.40. The van der Waals surface area contributed by atoms with Crippen LogP contribution in [-0.2, 0) is 15.0 Å². The lowest BCUT2D eigenvalue weighted by Crippen LogP contribution is -2.59. The van der Waals surface area contributed by atoms with Crippen LogP contribution in [0.5, 0.6) is 0 Å². The Morgan fingerprint density at radius 3 is 2.33 bits per heavy atom. The van der Waals surface area contributed by atoms with E-state index in [1.165, 1.54) is 4.31 Å². The molecular formula is C10H20N4O3S. The van der Waals surface area contributed by atoms with E-state index in [-0.39, 0.29) is 19.0 Å². The van der Waals surface area contributed by atoms with Crippen molar-refractivity contribution in [3.05, 3.63) is 0 Å². The van der Waals surface area contributed by atoms with Gasteiger partial charge in [-0.25, -0.2) is 5.14 Å². The summed E-state index contributed by atoms with van der Waals surface area (Å²) in [6.45, 7) is 4.15. The van der Waals surface area contributed by atoms with E-state index in [2.05, 4.69) is 5.32 Å². The maximum absolute atomic E-state index is 12.3. The fourth-order valence-corrected chi connectivity index (χ4v) is 3.24. The molecule has 2 rings (SSSR count). The summed E-state index contributed by atoms with van der Waals surface area (Å²) in [5.74, 6) is 0.0640. The molecule has 0 aromatic carbocycles. The van der Waals surface area contributed by atoms with Crippen LogP contribution in [0.3, 0.4) is 0 Å². The van der Waals surface area contributed by atoms with Gasteiger partial charge in [0.2, 0.25) is 5.91 Å². The molecule has 2 aliphatic rings. The molecule has 0 aromatic heterocycles. The molecule has 1 atom stereocenters. The molecule has 2 saturated heterocycles. The van der Waals surface area contributed by atoms with Crippen molar-refractivity contribution in [1.29, 1.82) is 0 Å². The Morgan fingerprint density at radius 1 is 1.28 bits per heavy atom. The lowest BCUT2D eigenvalue weighted by Gasteiger charge is -2.37. The fourth-order valence-electron chi connectivity index (χ4n) is 2.57. The molecule has 0 aliphatic carbocycles. The number of rotatable bonds is 2. The maximum atomic E-state index is 12.3. The fraction of sp³-hybridized carbons (Fsp3) is 0.900. The van der Waals surface area contributed by atoms with Crippen LogP contribution in [0.4, 0.5) is 0 Å². The number of amides is 1. The minimum Gasteiger partial charge on any atom is -0.338 e. The van der Waals surface area contributed by atoms with Crippen LogP contribution in [0.15, 0.2) is 0 Å². The molecule has 7 nitrogen and oxygen atoms in total. The zero-order valence-corrected chi connectivity index (χ0v) is 11.4. The summed E-state index contributed by atoms with van der Waals surface area (Å²) < 4.78 is 23.5. The third-order valence-corrected chi connectivity index (χ3v) is 4.81. The van der Waals surface area contributed by atoms with Gasteiger partial charge in [0.1, 0.15) is 0 Å². The molecule has 0 spiro atoms. The third-order valence-electron chi connectivity index (χ3n) is 3.73. The van der Waals surface area contributed by atoms with Gasteiger partial charge in [-0.2, -0.15) is 12.7 Å². The first kappa shape index (κ1) is 13.7. The molecule has 2 heterocycles. The van der Waals surface area contributed by atoms with Crippen LogP contribution in [-0.4, -0.2) is 61.8 Å². The number of nitrogens with zero attached hydrogens (tertiary/aromatic N) is 2. The van der Waals surface area contributed by atoms with Crippen molar-refractivity contribution in [2.24, 2.45) is 5.14 Å². The molecular weight excluding hydrogens is 256 g/mol. The van der Waals surface area contributed by atoms with Crippen LogP contribution in [0, 0.1) is 0 Å². The van der Waals surface area contributed by atoms with E-state index in [1.54, 1.807) is 4.90 Å². The van der Waals surface area contributed by atoms with E-state index in [9.17, 15) is 13.2 Å². The van der Waals surface area contributed by atoms with Gasteiger partial charge < -0.3 is 10.2 Å². The van der Waals surface area contributed by atoms with Crippen LogP contribution < -0.4 is 10.5 Å². The molecule has 1 unspecified atom stereocenters. The lowest BCUT2D eigenvalue weighted by molar-refractivity contribution is -0.138. The summed E-state index contributed by atoms with van der Waals surface area (Å²) in [5.41, 5.74) is -0.482. The quantitative estimate of drug-likeness (QED) is 0.640. The summed E-state index contributed by atoms with van der Waals surface area (Å²) in [7, 11) is -3.63. The number of nitrogens with two attached hydrogens (primary N) is 1. The van der Waals surface area contributed by atoms with E-state index < -0.39 is 15.7 Å². The summed E-state index contributed by atoms with van der Waals surface area (Å²) in [6.07, 6.45) is 1.83. The third kappa shape index (κ3) is 2.66. The van der Waals surface area contributed by atoms with E-state index >= 15 is 0 Å². The van der Waals surface area contributed by atoms with Crippen molar-refractivity contribution in [1.82, 2.24) is 14.5 Å². The predicted octanol–water partition coefficient (Wildman–Crippen LogP) is -1.52. The molecule has 1 amide bonds. The average molecular weight is 276 g/mol. The molecule has 2 fully saturated rings. The normalized spacial score (nSPS) is 30.7. The highest BCUT2D eigenvalue weighted by Crippen LogP contribution is 2.22. The monoisotopic (exact) mass is 276 g/mol. The second-order valence-electron chi connectivity index (χ2n) is 5.10. The highest BCUT2D eigenvalue weighted by atomic mass is 32.2. The van der Waals surface area contributed by atoms with Crippen molar-refractivity contribution in [3.63, 3.8) is 0 Å². The minimum absolute atomic E-state index is 0.0640. The van der Waals surface area contributed by atoms with Crippen molar-refractivity contribution in [2.45, 2.75) is 25.3 Å². The molecule has 0 bridgehead atoms. The van der Waals surface area contributed by atoms with Gasteiger partial charge in [0, 0.05) is 26.2 Å². The zero-order valence-electron chi connectivity index (χ0n) is 10.6. The van der Waals surface area contributed by atoms with E-state index in [1.807, 2.05) is 6.92 Å². The molecule has 104 valence electrons. The molecule has 0 aromatic rings. The van der Waals surface area contributed by atoms with Gasteiger partial charge in [-0.1, -0.05) is 0 Å². The molecule has 0 saturated carbocycles. The van der Waals surface area contributed by atoms with Crippen LogP contribution in [0.2, 0.25) is 0 Å². The lowest BCUT2D eigenvalue weighted by atomic mass is 9.98. The number of carbonyl (C=O) groups excluding carboxylic acids is 1. The Morgan fingerprint density at radius 2 is 1.89 bits per heavy atom. The SMILES string of the molecule is CC1(C(=O)N2CCN(S(N)(=O)=O)CC2)CCCN1. The highest BCUT2D eigenvalue weighted by molar-refractivity contribution is 7.86. The van der Waals surface area contributed by atoms with E-state index in [0.29, 0.717) is 13.1 Å². The van der Waals surface area contributed by atoms with Gasteiger partial charge in [0.15, 0.2) is 0 Å². The topological polar surface area (TPSA) is 95.7 Å². The molecule has 0 radical (unpaired) electrons. The molecule has 2 aliphatic heterocycles. The van der Waals surface area contributed by atoms with Crippen molar-refractivity contribution in [2.75, 3.05) is 32.7 Å². The van der Waals surface area contributed by atoms with Gasteiger partial charge in [0.05, 0.1) is 5.54 Å². The number of hydrogen-bond donors (Lipinski definition) is 2. The first-order chi connectivity index (χ1) is 8.33. The summed E-state index contributed by atoms with van der Waals surface area (Å²) in [5, 5.41) is 8.29. The molecule has 18 heavy (non-hydrogen) atoms. The predicted molar refractivity (Wildman–Crippen MR) is 66.9 cm³/mol. The van der Waals surface area contributed by atoms with Crippen LogP contribution in [0.25, 0.3) is 0 Å². The Balaban J connectivity index is 1.96. The summed E-state index contributed by atoms with van der Waals surface area (Å²) in [6, 6.07) is 0. The second kappa shape index (κ2) is 4.76. The number of hydrogen-bond acceptors (Lipinski definition) is 4. The summed E-state index contributed by atoms with van der Waals surface area (Å²) in [4.78, 5) is 14.1. The smallest absolute Gasteiger partial charge is 0.277 e. The first-order valence-electron chi connectivity index (χ1n) is 6.15. The van der Waals surface area contributed by atoms with Crippen LogP contribution >= 0.6 is 0 Å². The van der Waals surface area contributed by atoms with Gasteiger partial charge in [0.25, 0.3) is 10.2 Å². The molecule has 3 N–H and O–H groups in total. The minimum atomic E-state index is -3.63. The number of carbonyl (C=O) groups is 1. The number of piperazine rings is 1. The van der Waals surface area contributed by atoms with Crippen molar-refractivity contribution in [3.8, 4) is 0 Å². The first-order valence-corrected chi connectivity index (χ1v) is 7.65. The Bertz CT molecular complexity index is 422. The summed E-state index contributed by atoms with van der Waals surface area (Å²) >= 11 is 0. The largest absolute Gasteiger partial charge is 0.338 e. The van der Waals surface area contributed by atoms with Gasteiger partial charge in [-0.05, 0) is 26.3 Å². The van der Waals surface area contributed by atoms with E-state index in [0.717, 1.165) is 19.4 Å². The second-order valence-corrected chi connectivity index (χ2v) is 6.64. The van der Waals surface area contributed by atoms with Crippen LogP contribution in [0.1, 0.15) is 19.8 Å². The standard InChI is InChI=1S/C10H20N4O3S/c1-10(3-2-4-12-10)9(15)13-5-7-14(8-6-13)18(11,16)17/h12H,2-8H2,1H3,(H2,11,16,17). The zero-order chi connectivity index (χ0) is 13.4. The number of nitrogens with one attached hydrogen (secondary N) is 1. The van der Waals surface area contributed by atoms with Gasteiger partial charge in [-0.15, -0.1) is 0 Å². The Hall–Kier alpha value is -0.700. The van der Waals surface area contributed by atoms with Gasteiger partial charge in [-0.3, -0.25) is 4.79 Å².